The van der Waals surface area contributed by atoms with Gasteiger partial charge in [-0.1, -0.05) is 42.5 Å². The molecule has 1 atom stereocenters. The third-order valence-electron chi connectivity index (χ3n) is 5.60. The standard InChI is InChI=1S/C24H23N5O3/c1-16-12-20(21(30)14-29-26-24(25-27-29)18-8-4-3-5-9-18)17(2)28(16)13-19-15-31-22-10-6-7-11-23(22)32-19/h3-12,19H,13-15H2,1-2H3. The van der Waals surface area contributed by atoms with Crippen LogP contribution in [0.4, 0.5) is 0 Å². The first-order chi connectivity index (χ1) is 15.6. The zero-order chi connectivity index (χ0) is 22.1. The second-order valence-electron chi connectivity index (χ2n) is 7.83. The molecule has 0 amide bonds. The van der Waals surface area contributed by atoms with E-state index in [0.29, 0.717) is 24.5 Å². The highest BCUT2D eigenvalue weighted by Gasteiger charge is 2.24. The van der Waals surface area contributed by atoms with Crippen LogP contribution in [0.3, 0.4) is 0 Å². The van der Waals surface area contributed by atoms with Crippen molar-refractivity contribution in [1.82, 2.24) is 24.8 Å². The highest BCUT2D eigenvalue weighted by Crippen LogP contribution is 2.31. The van der Waals surface area contributed by atoms with Gasteiger partial charge in [0.1, 0.15) is 13.2 Å². The first-order valence-electron chi connectivity index (χ1n) is 10.5. The number of carbonyl (C=O) groups is 1. The number of carbonyl (C=O) groups excluding carboxylic acids is 1. The minimum Gasteiger partial charge on any atom is -0.486 e. The summed E-state index contributed by atoms with van der Waals surface area (Å²) in [6, 6.07) is 19.1. The molecule has 2 aromatic heterocycles. The summed E-state index contributed by atoms with van der Waals surface area (Å²) in [7, 11) is 0. The quantitative estimate of drug-likeness (QED) is 0.437. The lowest BCUT2D eigenvalue weighted by Crippen LogP contribution is -2.33. The van der Waals surface area contributed by atoms with Gasteiger partial charge in [-0.2, -0.15) is 4.80 Å². The van der Waals surface area contributed by atoms with E-state index in [0.717, 1.165) is 28.5 Å². The van der Waals surface area contributed by atoms with Gasteiger partial charge in [0.05, 0.1) is 6.54 Å². The Labute approximate surface area is 185 Å². The van der Waals surface area contributed by atoms with Gasteiger partial charge >= 0.3 is 0 Å². The summed E-state index contributed by atoms with van der Waals surface area (Å²) in [6.07, 6.45) is -0.136. The summed E-state index contributed by atoms with van der Waals surface area (Å²) in [6.45, 7) is 5.02. The van der Waals surface area contributed by atoms with Crippen molar-refractivity contribution >= 4 is 5.78 Å². The van der Waals surface area contributed by atoms with Crippen molar-refractivity contribution in [1.29, 1.82) is 0 Å². The number of benzene rings is 2. The van der Waals surface area contributed by atoms with Crippen LogP contribution >= 0.6 is 0 Å². The van der Waals surface area contributed by atoms with Crippen molar-refractivity contribution in [2.75, 3.05) is 6.61 Å². The lowest BCUT2D eigenvalue weighted by atomic mass is 10.1. The molecular weight excluding hydrogens is 406 g/mol. The molecule has 32 heavy (non-hydrogen) atoms. The lowest BCUT2D eigenvalue weighted by Gasteiger charge is -2.27. The van der Waals surface area contributed by atoms with Crippen molar-refractivity contribution in [2.24, 2.45) is 0 Å². The fourth-order valence-corrected chi connectivity index (χ4v) is 3.95. The predicted octanol–water partition coefficient (Wildman–Crippen LogP) is 3.48. The van der Waals surface area contributed by atoms with Gasteiger partial charge in [-0.05, 0) is 37.3 Å². The van der Waals surface area contributed by atoms with Crippen molar-refractivity contribution in [3.63, 3.8) is 0 Å². The van der Waals surface area contributed by atoms with E-state index in [1.165, 1.54) is 4.80 Å². The van der Waals surface area contributed by atoms with Gasteiger partial charge in [-0.25, -0.2) is 0 Å². The average Bonchev–Trinajstić information content (AvgIpc) is 3.39. The van der Waals surface area contributed by atoms with Gasteiger partial charge in [0.15, 0.2) is 23.4 Å². The molecule has 8 nitrogen and oxygen atoms in total. The highest BCUT2D eigenvalue weighted by atomic mass is 16.6. The molecule has 0 fully saturated rings. The largest absolute Gasteiger partial charge is 0.486 e. The van der Waals surface area contributed by atoms with Crippen LogP contribution in [0.5, 0.6) is 11.5 Å². The Morgan fingerprint density at radius 3 is 2.62 bits per heavy atom. The van der Waals surface area contributed by atoms with Crippen molar-refractivity contribution < 1.29 is 14.3 Å². The molecule has 3 heterocycles. The molecule has 1 aliphatic rings. The molecule has 0 saturated carbocycles. The molecule has 0 radical (unpaired) electrons. The number of ether oxygens (including phenoxy) is 2. The van der Waals surface area contributed by atoms with E-state index >= 15 is 0 Å². The zero-order valence-electron chi connectivity index (χ0n) is 17.9. The zero-order valence-corrected chi connectivity index (χ0v) is 17.9. The fourth-order valence-electron chi connectivity index (χ4n) is 3.95. The molecule has 1 unspecified atom stereocenters. The van der Waals surface area contributed by atoms with Crippen LogP contribution in [-0.4, -0.2) is 43.3 Å². The third-order valence-corrected chi connectivity index (χ3v) is 5.60. The number of Topliss-reactive ketones (excluding diaryl/α,β-unsaturated/α-hetero) is 1. The van der Waals surface area contributed by atoms with E-state index in [-0.39, 0.29) is 18.4 Å². The maximum absolute atomic E-state index is 13.0. The Balaban J connectivity index is 1.30. The SMILES string of the molecule is Cc1cc(C(=O)Cn2nnc(-c3ccccc3)n2)c(C)n1CC1COc2ccccc2O1. The summed E-state index contributed by atoms with van der Waals surface area (Å²) in [4.78, 5) is 14.3. The van der Waals surface area contributed by atoms with Crippen LogP contribution in [0.2, 0.25) is 0 Å². The second-order valence-corrected chi connectivity index (χ2v) is 7.83. The number of hydrogen-bond acceptors (Lipinski definition) is 6. The minimum absolute atomic E-state index is 0.0283. The van der Waals surface area contributed by atoms with Crippen LogP contribution in [0.25, 0.3) is 11.4 Å². The average molecular weight is 429 g/mol. The van der Waals surface area contributed by atoms with E-state index < -0.39 is 0 Å². The molecule has 5 rings (SSSR count). The number of ketones is 1. The monoisotopic (exact) mass is 429 g/mol. The summed E-state index contributed by atoms with van der Waals surface area (Å²) in [5, 5.41) is 12.5. The molecule has 0 saturated heterocycles. The smallest absolute Gasteiger partial charge is 0.204 e. The molecule has 8 heteroatoms. The number of para-hydroxylation sites is 2. The summed E-state index contributed by atoms with van der Waals surface area (Å²) in [5.74, 6) is 1.94. The van der Waals surface area contributed by atoms with Crippen LogP contribution in [-0.2, 0) is 13.1 Å². The number of fused-ring (bicyclic) bond motifs is 1. The van der Waals surface area contributed by atoms with E-state index in [2.05, 4.69) is 20.0 Å². The Hall–Kier alpha value is -3.94. The molecular formula is C24H23N5O3. The molecule has 0 spiro atoms. The van der Waals surface area contributed by atoms with Gasteiger partial charge in [0.2, 0.25) is 5.82 Å². The topological polar surface area (TPSA) is 84.1 Å². The summed E-state index contributed by atoms with van der Waals surface area (Å²) in [5.41, 5.74) is 3.39. The van der Waals surface area contributed by atoms with Gasteiger partial charge in [0, 0.05) is 22.5 Å². The normalized spacial score (nSPS) is 15.0. The van der Waals surface area contributed by atoms with Gasteiger partial charge in [-0.3, -0.25) is 4.79 Å². The van der Waals surface area contributed by atoms with Crippen LogP contribution in [0.15, 0.2) is 60.7 Å². The molecule has 162 valence electrons. The first kappa shape index (κ1) is 20.0. The van der Waals surface area contributed by atoms with Crippen molar-refractivity contribution in [3.05, 3.63) is 77.6 Å². The van der Waals surface area contributed by atoms with E-state index in [4.69, 9.17) is 9.47 Å². The Kier molecular flexibility index (Phi) is 5.18. The number of rotatable bonds is 6. The van der Waals surface area contributed by atoms with Crippen molar-refractivity contribution in [3.8, 4) is 22.9 Å². The van der Waals surface area contributed by atoms with Crippen LogP contribution in [0.1, 0.15) is 21.7 Å². The maximum atomic E-state index is 13.0. The Bertz CT molecular complexity index is 1260. The van der Waals surface area contributed by atoms with Crippen LogP contribution in [0, 0.1) is 13.8 Å². The first-order valence-corrected chi connectivity index (χ1v) is 10.5. The number of hydrogen-bond donors (Lipinski definition) is 0. The molecule has 0 N–H and O–H groups in total. The molecule has 1 aliphatic heterocycles. The minimum atomic E-state index is -0.136. The lowest BCUT2D eigenvalue weighted by molar-refractivity contribution is 0.0777. The maximum Gasteiger partial charge on any atom is 0.204 e. The highest BCUT2D eigenvalue weighted by molar-refractivity contribution is 5.97. The Morgan fingerprint density at radius 1 is 1.06 bits per heavy atom. The number of tetrazole rings is 1. The number of aromatic nitrogens is 5. The predicted molar refractivity (Wildman–Crippen MR) is 118 cm³/mol. The summed E-state index contributed by atoms with van der Waals surface area (Å²) < 4.78 is 14.0. The van der Waals surface area contributed by atoms with Crippen LogP contribution < -0.4 is 9.47 Å². The van der Waals surface area contributed by atoms with Crippen molar-refractivity contribution in [2.45, 2.75) is 33.0 Å². The van der Waals surface area contributed by atoms with E-state index in [9.17, 15) is 4.79 Å². The van der Waals surface area contributed by atoms with E-state index in [1.807, 2.05) is 74.5 Å². The second kappa shape index (κ2) is 8.30. The number of aryl methyl sites for hydroxylation is 1. The molecule has 0 aliphatic carbocycles. The Morgan fingerprint density at radius 2 is 1.81 bits per heavy atom. The molecule has 0 bridgehead atoms. The third kappa shape index (κ3) is 3.87. The van der Waals surface area contributed by atoms with Gasteiger partial charge < -0.3 is 14.0 Å². The fraction of sp³-hybridized carbons (Fsp3) is 0.250. The van der Waals surface area contributed by atoms with E-state index in [1.54, 1.807) is 0 Å². The molecule has 2 aromatic carbocycles. The number of nitrogens with zero attached hydrogens (tertiary/aromatic N) is 5. The summed E-state index contributed by atoms with van der Waals surface area (Å²) >= 11 is 0. The molecule has 4 aromatic rings. The van der Waals surface area contributed by atoms with Gasteiger partial charge in [-0.15, -0.1) is 10.2 Å². The van der Waals surface area contributed by atoms with Gasteiger partial charge in [0.25, 0.3) is 0 Å².